The first-order chi connectivity index (χ1) is 8.90. The van der Waals surface area contributed by atoms with Crippen LogP contribution in [0.5, 0.6) is 0 Å². The predicted octanol–water partition coefficient (Wildman–Crippen LogP) is 2.99. The van der Waals surface area contributed by atoms with Crippen molar-refractivity contribution in [2.75, 3.05) is 14.1 Å². The predicted molar refractivity (Wildman–Crippen MR) is 79.7 cm³/mol. The molecule has 2 rings (SSSR count). The van der Waals surface area contributed by atoms with Crippen LogP contribution in [-0.2, 0) is 6.54 Å². The van der Waals surface area contributed by atoms with Crippen LogP contribution < -0.4 is 0 Å². The van der Waals surface area contributed by atoms with Gasteiger partial charge in [-0.1, -0.05) is 0 Å². The number of likely N-dealkylation sites (N-methyl/N-ethyl adjacent to an activating group) is 1. The molecule has 2 aromatic rings. The van der Waals surface area contributed by atoms with Crippen LogP contribution in [0, 0.1) is 6.92 Å². The highest BCUT2D eigenvalue weighted by molar-refractivity contribution is 6.20. The van der Waals surface area contributed by atoms with Crippen molar-refractivity contribution in [2.24, 2.45) is 0 Å². The maximum absolute atomic E-state index is 6.26. The van der Waals surface area contributed by atoms with Crippen LogP contribution in [0.4, 0.5) is 0 Å². The monoisotopic (exact) mass is 280 g/mol. The van der Waals surface area contributed by atoms with Crippen LogP contribution >= 0.6 is 11.6 Å². The van der Waals surface area contributed by atoms with E-state index in [1.165, 1.54) is 0 Å². The maximum atomic E-state index is 6.26. The summed E-state index contributed by atoms with van der Waals surface area (Å²) in [4.78, 5) is 11.4. The highest BCUT2D eigenvalue weighted by atomic mass is 35.5. The van der Waals surface area contributed by atoms with E-state index in [9.17, 15) is 0 Å². The van der Waals surface area contributed by atoms with Crippen LogP contribution in [0.25, 0.3) is 11.2 Å². The molecule has 5 heteroatoms. The first kappa shape index (κ1) is 14.3. The Bertz CT molecular complexity index is 574. The average molecular weight is 281 g/mol. The summed E-state index contributed by atoms with van der Waals surface area (Å²) in [6, 6.07) is 4.39. The minimum absolute atomic E-state index is 0.121. The van der Waals surface area contributed by atoms with Gasteiger partial charge in [-0.05, 0) is 47.0 Å². The van der Waals surface area contributed by atoms with Gasteiger partial charge < -0.3 is 9.47 Å². The van der Waals surface area contributed by atoms with E-state index >= 15 is 0 Å². The smallest absolute Gasteiger partial charge is 0.160 e. The lowest BCUT2D eigenvalue weighted by atomic mass is 10.3. The molecule has 0 aliphatic carbocycles. The number of pyridine rings is 1. The normalized spacial score (nSPS) is 15.1. The number of rotatable bonds is 4. The number of aryl methyl sites for hydroxylation is 1. The molecule has 0 radical (unpaired) electrons. The van der Waals surface area contributed by atoms with Gasteiger partial charge in [-0.3, -0.25) is 0 Å². The van der Waals surface area contributed by atoms with E-state index in [1.54, 1.807) is 0 Å². The van der Waals surface area contributed by atoms with Crippen molar-refractivity contribution in [2.45, 2.75) is 38.7 Å². The number of aromatic nitrogens is 3. The summed E-state index contributed by atoms with van der Waals surface area (Å²) in [6.45, 7) is 6.97. The molecule has 0 amide bonds. The van der Waals surface area contributed by atoms with Gasteiger partial charge in [-0.15, -0.1) is 11.6 Å². The summed E-state index contributed by atoms with van der Waals surface area (Å²) in [5.41, 5.74) is 2.84. The topological polar surface area (TPSA) is 34.0 Å². The van der Waals surface area contributed by atoms with E-state index in [4.69, 9.17) is 11.6 Å². The summed E-state index contributed by atoms with van der Waals surface area (Å²) in [7, 11) is 4.15. The minimum Gasteiger partial charge on any atom is -0.310 e. The number of halogens is 1. The Morgan fingerprint density at radius 1 is 1.26 bits per heavy atom. The zero-order valence-electron chi connectivity index (χ0n) is 12.2. The summed E-state index contributed by atoms with van der Waals surface area (Å²) in [5, 5.41) is -0.121. The van der Waals surface area contributed by atoms with Crippen LogP contribution in [0.1, 0.15) is 30.7 Å². The SMILES string of the molecule is Cc1ccc2nc(C(C)Cl)n(CC(C)N(C)C)c2n1. The third-order valence-corrected chi connectivity index (χ3v) is 3.64. The van der Waals surface area contributed by atoms with E-state index in [0.717, 1.165) is 29.2 Å². The van der Waals surface area contributed by atoms with Crippen LogP contribution in [0.2, 0.25) is 0 Å². The molecule has 0 fully saturated rings. The molecule has 0 aliphatic rings. The molecule has 0 saturated heterocycles. The molecule has 4 nitrogen and oxygen atoms in total. The number of imidazole rings is 1. The van der Waals surface area contributed by atoms with E-state index < -0.39 is 0 Å². The number of hydrogen-bond acceptors (Lipinski definition) is 3. The lowest BCUT2D eigenvalue weighted by molar-refractivity contribution is 0.283. The highest BCUT2D eigenvalue weighted by Crippen LogP contribution is 2.24. The van der Waals surface area contributed by atoms with Gasteiger partial charge in [0.2, 0.25) is 0 Å². The van der Waals surface area contributed by atoms with Gasteiger partial charge >= 0.3 is 0 Å². The fourth-order valence-electron chi connectivity index (χ4n) is 2.03. The van der Waals surface area contributed by atoms with E-state index in [0.29, 0.717) is 6.04 Å². The number of fused-ring (bicyclic) bond motifs is 1. The number of alkyl halides is 1. The molecule has 19 heavy (non-hydrogen) atoms. The lowest BCUT2D eigenvalue weighted by Crippen LogP contribution is -2.30. The molecular formula is C14H21ClN4. The summed E-state index contributed by atoms with van der Waals surface area (Å²) in [6.07, 6.45) is 0. The second kappa shape index (κ2) is 5.47. The van der Waals surface area contributed by atoms with Crippen molar-refractivity contribution in [1.82, 2.24) is 19.4 Å². The quantitative estimate of drug-likeness (QED) is 0.808. The van der Waals surface area contributed by atoms with Gasteiger partial charge in [0.05, 0.1) is 5.38 Å². The Labute approximate surface area is 119 Å². The molecule has 2 aromatic heterocycles. The third-order valence-electron chi connectivity index (χ3n) is 3.45. The molecule has 0 bridgehead atoms. The Balaban J connectivity index is 2.54. The van der Waals surface area contributed by atoms with Gasteiger partial charge in [-0.25, -0.2) is 9.97 Å². The first-order valence-corrected chi connectivity index (χ1v) is 6.98. The fraction of sp³-hybridized carbons (Fsp3) is 0.571. The van der Waals surface area contributed by atoms with E-state index in [2.05, 4.69) is 40.5 Å². The summed E-state index contributed by atoms with van der Waals surface area (Å²) in [5.74, 6) is 0.892. The number of hydrogen-bond donors (Lipinski definition) is 0. The molecular weight excluding hydrogens is 260 g/mol. The Hall–Kier alpha value is -1.13. The third kappa shape index (κ3) is 2.90. The van der Waals surface area contributed by atoms with Crippen molar-refractivity contribution in [3.63, 3.8) is 0 Å². The second-order valence-corrected chi connectivity index (χ2v) is 5.96. The standard InChI is InChI=1S/C14H21ClN4/c1-9-6-7-12-14(16-9)19(8-10(2)18(4)5)13(17-12)11(3)15/h6-7,10-11H,8H2,1-5H3. The zero-order valence-corrected chi connectivity index (χ0v) is 12.9. The first-order valence-electron chi connectivity index (χ1n) is 6.54. The average Bonchev–Trinajstić information content (AvgIpc) is 2.67. The van der Waals surface area contributed by atoms with Gasteiger partial charge in [-0.2, -0.15) is 0 Å². The van der Waals surface area contributed by atoms with Crippen molar-refractivity contribution in [3.05, 3.63) is 23.7 Å². The fourth-order valence-corrected chi connectivity index (χ4v) is 2.19. The molecule has 0 spiro atoms. The number of nitrogens with zero attached hydrogens (tertiary/aromatic N) is 4. The van der Waals surface area contributed by atoms with Gasteiger partial charge in [0.1, 0.15) is 11.3 Å². The molecule has 0 aliphatic heterocycles. The zero-order chi connectivity index (χ0) is 14.2. The molecule has 0 aromatic carbocycles. The minimum atomic E-state index is -0.121. The second-order valence-electron chi connectivity index (χ2n) is 5.30. The van der Waals surface area contributed by atoms with E-state index in [-0.39, 0.29) is 5.38 Å². The van der Waals surface area contributed by atoms with Crippen molar-refractivity contribution in [1.29, 1.82) is 0 Å². The Morgan fingerprint density at radius 2 is 1.95 bits per heavy atom. The molecule has 2 unspecified atom stereocenters. The van der Waals surface area contributed by atoms with Crippen molar-refractivity contribution >= 4 is 22.8 Å². The molecule has 104 valence electrons. The Morgan fingerprint density at radius 3 is 2.53 bits per heavy atom. The lowest BCUT2D eigenvalue weighted by Gasteiger charge is -2.21. The van der Waals surface area contributed by atoms with Crippen LogP contribution in [-0.4, -0.2) is 39.6 Å². The van der Waals surface area contributed by atoms with Crippen molar-refractivity contribution < 1.29 is 0 Å². The highest BCUT2D eigenvalue weighted by Gasteiger charge is 2.18. The van der Waals surface area contributed by atoms with Crippen molar-refractivity contribution in [3.8, 4) is 0 Å². The summed E-state index contributed by atoms with van der Waals surface area (Å²) >= 11 is 6.26. The molecule has 2 atom stereocenters. The van der Waals surface area contributed by atoms with Crippen LogP contribution in [0.3, 0.4) is 0 Å². The summed E-state index contributed by atoms with van der Waals surface area (Å²) < 4.78 is 2.14. The maximum Gasteiger partial charge on any atom is 0.160 e. The Kier molecular flexibility index (Phi) is 4.11. The molecule has 2 heterocycles. The van der Waals surface area contributed by atoms with Gasteiger partial charge in [0, 0.05) is 18.3 Å². The van der Waals surface area contributed by atoms with Gasteiger partial charge in [0.25, 0.3) is 0 Å². The molecule has 0 saturated carbocycles. The van der Waals surface area contributed by atoms with E-state index in [1.807, 2.05) is 26.0 Å². The van der Waals surface area contributed by atoms with Gasteiger partial charge in [0.15, 0.2) is 5.65 Å². The van der Waals surface area contributed by atoms with Crippen LogP contribution in [0.15, 0.2) is 12.1 Å². The largest absolute Gasteiger partial charge is 0.310 e. The molecule has 0 N–H and O–H groups in total.